The molecule has 1 aromatic heterocycles. The molecule has 2 aromatic carbocycles. The predicted molar refractivity (Wildman–Crippen MR) is 149 cm³/mol. The Labute approximate surface area is 239 Å². The number of alkyl carbamates (subject to hydrolysis) is 1. The molecule has 5 rings (SSSR count). The lowest BCUT2D eigenvalue weighted by Crippen LogP contribution is -2.51. The third-order valence-electron chi connectivity index (χ3n) is 7.37. The van der Waals surface area contributed by atoms with Gasteiger partial charge in [0.2, 0.25) is 10.0 Å². The van der Waals surface area contributed by atoms with Crippen LogP contribution in [0.3, 0.4) is 0 Å². The Bertz CT molecular complexity index is 1440. The van der Waals surface area contributed by atoms with E-state index in [1.807, 2.05) is 44.2 Å². The van der Waals surface area contributed by atoms with Crippen molar-refractivity contribution < 1.29 is 36.9 Å². The normalized spacial score (nSPS) is 22.2. The molecule has 5 atom stereocenters. The number of rotatable bonds is 11. The number of amides is 1. The maximum atomic E-state index is 13.8. The summed E-state index contributed by atoms with van der Waals surface area (Å²) in [6.45, 7) is 6.21. The van der Waals surface area contributed by atoms with Crippen molar-refractivity contribution in [1.82, 2.24) is 14.6 Å². The molecule has 0 aliphatic carbocycles. The number of nitrogens with one attached hydrogen (secondary N) is 1. The number of fused-ring (bicyclic) bond motifs is 2. The molecular formula is C29H37N3O8S. The maximum absolute atomic E-state index is 13.8. The van der Waals surface area contributed by atoms with Crippen LogP contribution in [0.2, 0.25) is 0 Å². The number of aromatic nitrogens is 1. The number of carbonyl (C=O) groups is 1. The van der Waals surface area contributed by atoms with Gasteiger partial charge >= 0.3 is 6.09 Å². The van der Waals surface area contributed by atoms with Gasteiger partial charge in [0.15, 0.2) is 17.8 Å². The zero-order chi connectivity index (χ0) is 29.1. The van der Waals surface area contributed by atoms with E-state index >= 15 is 0 Å². The van der Waals surface area contributed by atoms with Crippen LogP contribution in [0.1, 0.15) is 31.7 Å². The molecule has 1 amide bonds. The van der Waals surface area contributed by atoms with Crippen molar-refractivity contribution in [3.63, 3.8) is 0 Å². The number of nitrogens with zero attached hydrogens (tertiary/aromatic N) is 2. The average molecular weight is 588 g/mol. The second kappa shape index (κ2) is 12.5. The highest BCUT2D eigenvalue weighted by atomic mass is 32.2. The fourth-order valence-corrected chi connectivity index (χ4v) is 7.00. The third-order valence-corrected chi connectivity index (χ3v) is 9.20. The van der Waals surface area contributed by atoms with E-state index in [9.17, 15) is 18.3 Å². The molecule has 3 aromatic rings. The van der Waals surface area contributed by atoms with E-state index in [4.69, 9.17) is 18.6 Å². The summed E-state index contributed by atoms with van der Waals surface area (Å²) in [5.74, 6) is 0.379. The first kappa shape index (κ1) is 29.5. The molecule has 2 saturated heterocycles. The molecule has 41 heavy (non-hydrogen) atoms. The summed E-state index contributed by atoms with van der Waals surface area (Å²) in [6.07, 6.45) is -1.75. The lowest BCUT2D eigenvalue weighted by Gasteiger charge is -2.31. The molecule has 2 fully saturated rings. The monoisotopic (exact) mass is 587 g/mol. The summed E-state index contributed by atoms with van der Waals surface area (Å²) in [7, 11) is -4.03. The molecule has 0 radical (unpaired) electrons. The number of hydrogen-bond donors (Lipinski definition) is 2. The highest BCUT2D eigenvalue weighted by Crippen LogP contribution is 2.33. The molecule has 2 N–H and O–H groups in total. The number of aliphatic hydroxyl groups is 1. The molecule has 2 aliphatic heterocycles. The van der Waals surface area contributed by atoms with Crippen LogP contribution in [-0.2, 0) is 30.7 Å². The molecule has 0 saturated carbocycles. The average Bonchev–Trinajstić information content (AvgIpc) is 3.64. The summed E-state index contributed by atoms with van der Waals surface area (Å²) in [5.41, 5.74) is 1.80. The second-order valence-electron chi connectivity index (χ2n) is 11.1. The minimum Gasteiger partial charge on any atom is -0.443 e. The van der Waals surface area contributed by atoms with Crippen molar-refractivity contribution in [2.75, 3.05) is 26.3 Å². The van der Waals surface area contributed by atoms with Crippen molar-refractivity contribution in [3.8, 4) is 0 Å². The smallest absolute Gasteiger partial charge is 0.407 e. The van der Waals surface area contributed by atoms with E-state index in [0.717, 1.165) is 12.0 Å². The Balaban J connectivity index is 1.35. The maximum Gasteiger partial charge on any atom is 0.407 e. The van der Waals surface area contributed by atoms with Gasteiger partial charge in [-0.05, 0) is 36.5 Å². The fraction of sp³-hybridized carbons (Fsp3) is 0.517. The van der Waals surface area contributed by atoms with E-state index in [-0.39, 0.29) is 49.1 Å². The molecular weight excluding hydrogens is 550 g/mol. The molecule has 0 unspecified atom stereocenters. The number of aryl methyl sites for hydroxylation is 1. The van der Waals surface area contributed by atoms with Gasteiger partial charge in [-0.1, -0.05) is 44.2 Å². The minimum absolute atomic E-state index is 0.0253. The number of ether oxygens (including phenoxy) is 3. The molecule has 0 bridgehead atoms. The number of benzene rings is 2. The number of hydrogen-bond acceptors (Lipinski definition) is 9. The highest BCUT2D eigenvalue weighted by molar-refractivity contribution is 7.89. The largest absolute Gasteiger partial charge is 0.443 e. The molecule has 222 valence electrons. The summed E-state index contributed by atoms with van der Waals surface area (Å²) in [4.78, 5) is 17.3. The zero-order valence-electron chi connectivity index (χ0n) is 23.4. The SMILES string of the molecule is Cc1nc2ccc(S(=O)(=O)N(CC(C)C)C[C@@H](O)[C@H](Cc3ccccc3)NC(=O)O[C@H]3CO[C@H]4OCC[C@H]43)cc2o1. The van der Waals surface area contributed by atoms with Crippen LogP contribution in [0.4, 0.5) is 4.79 Å². The van der Waals surface area contributed by atoms with Crippen LogP contribution in [0.25, 0.3) is 11.1 Å². The molecule has 2 aliphatic rings. The first-order chi connectivity index (χ1) is 19.6. The van der Waals surface area contributed by atoms with Crippen LogP contribution in [0.15, 0.2) is 57.8 Å². The number of aliphatic hydroxyl groups excluding tert-OH is 1. The topological polar surface area (TPSA) is 140 Å². The lowest BCUT2D eigenvalue weighted by molar-refractivity contribution is -0.0907. The van der Waals surface area contributed by atoms with Crippen LogP contribution in [-0.4, -0.2) is 79.7 Å². The van der Waals surface area contributed by atoms with Gasteiger partial charge in [-0.3, -0.25) is 0 Å². The van der Waals surface area contributed by atoms with Crippen LogP contribution < -0.4 is 5.32 Å². The number of carbonyl (C=O) groups excluding carboxylic acids is 1. The van der Waals surface area contributed by atoms with Crippen molar-refractivity contribution in [2.24, 2.45) is 11.8 Å². The Morgan fingerprint density at radius 1 is 1.17 bits per heavy atom. The van der Waals surface area contributed by atoms with Gasteiger partial charge < -0.3 is 29.1 Å². The summed E-state index contributed by atoms with van der Waals surface area (Å²) in [5, 5.41) is 14.2. The fourth-order valence-electron chi connectivity index (χ4n) is 5.37. The lowest BCUT2D eigenvalue weighted by atomic mass is 10.0. The summed E-state index contributed by atoms with van der Waals surface area (Å²) in [6, 6.07) is 13.1. The van der Waals surface area contributed by atoms with Crippen LogP contribution in [0.5, 0.6) is 0 Å². The van der Waals surface area contributed by atoms with Crippen molar-refractivity contribution in [1.29, 1.82) is 0 Å². The van der Waals surface area contributed by atoms with Gasteiger partial charge in [-0.15, -0.1) is 0 Å². The van der Waals surface area contributed by atoms with Crippen LogP contribution >= 0.6 is 0 Å². The van der Waals surface area contributed by atoms with Crippen molar-refractivity contribution in [2.45, 2.75) is 63.0 Å². The van der Waals surface area contributed by atoms with Crippen molar-refractivity contribution in [3.05, 3.63) is 60.0 Å². The summed E-state index contributed by atoms with van der Waals surface area (Å²) < 4.78 is 51.2. The van der Waals surface area contributed by atoms with E-state index < -0.39 is 34.4 Å². The van der Waals surface area contributed by atoms with Crippen molar-refractivity contribution >= 4 is 27.2 Å². The van der Waals surface area contributed by atoms with E-state index in [0.29, 0.717) is 23.6 Å². The van der Waals surface area contributed by atoms with Gasteiger partial charge in [-0.2, -0.15) is 4.31 Å². The molecule has 11 nitrogen and oxygen atoms in total. The minimum atomic E-state index is -4.03. The van der Waals surface area contributed by atoms with E-state index in [2.05, 4.69) is 10.3 Å². The summed E-state index contributed by atoms with van der Waals surface area (Å²) >= 11 is 0. The second-order valence-corrected chi connectivity index (χ2v) is 13.0. The van der Waals surface area contributed by atoms with Gasteiger partial charge in [0.25, 0.3) is 0 Å². The Morgan fingerprint density at radius 2 is 1.95 bits per heavy atom. The standard InChI is InChI=1S/C29H37N3O8S/c1-18(2)15-32(41(35,36)21-9-10-23-26(14-21)39-19(3)30-23)16-25(33)24(13-20-7-5-4-6-8-20)31-29(34)40-27-17-38-28-22(27)11-12-37-28/h4-10,14,18,22,24-25,27-28,33H,11-13,15-17H2,1-3H3,(H,31,34)/t22-,24-,25+,27-,28+/m0/s1. The Kier molecular flexibility index (Phi) is 8.95. The predicted octanol–water partition coefficient (Wildman–Crippen LogP) is 3.24. The number of sulfonamides is 1. The first-order valence-corrected chi connectivity index (χ1v) is 15.3. The Morgan fingerprint density at radius 3 is 2.71 bits per heavy atom. The highest BCUT2D eigenvalue weighted by Gasteiger charge is 2.44. The molecule has 3 heterocycles. The third kappa shape index (κ3) is 6.90. The van der Waals surface area contributed by atoms with Gasteiger partial charge in [0, 0.05) is 26.1 Å². The van der Waals surface area contributed by atoms with Gasteiger partial charge in [0.05, 0.1) is 36.2 Å². The van der Waals surface area contributed by atoms with E-state index in [1.54, 1.807) is 13.0 Å². The quantitative estimate of drug-likeness (QED) is 0.346. The molecule has 0 spiro atoms. The van der Waals surface area contributed by atoms with E-state index in [1.165, 1.54) is 16.4 Å². The Hall–Kier alpha value is -3.03. The van der Waals surface area contributed by atoms with Crippen LogP contribution in [0, 0.1) is 18.8 Å². The zero-order valence-corrected chi connectivity index (χ0v) is 24.2. The first-order valence-electron chi connectivity index (χ1n) is 13.9. The van der Waals surface area contributed by atoms with Gasteiger partial charge in [0.1, 0.15) is 11.6 Å². The molecule has 12 heteroatoms. The number of oxazole rings is 1. The van der Waals surface area contributed by atoms with Gasteiger partial charge in [-0.25, -0.2) is 18.2 Å².